The van der Waals surface area contributed by atoms with Crippen LogP contribution in [-0.4, -0.2) is 36.6 Å². The number of pyridine rings is 1. The molecule has 3 heterocycles. The van der Waals surface area contributed by atoms with Gasteiger partial charge in [0.1, 0.15) is 11.6 Å². The van der Waals surface area contributed by atoms with Crippen LogP contribution in [-0.2, 0) is 6.42 Å². The highest BCUT2D eigenvalue weighted by atomic mass is 15.2. The standard InChI is InChI=1S/C15H22N4/c1-18(2)15-5-3-4-13-11-17-14(19(13)15)10-12-6-8-16-9-7-12/h3-5,11-12,16H,6-10H2,1-2H3. The third-order valence-electron chi connectivity index (χ3n) is 3.99. The van der Waals surface area contributed by atoms with Gasteiger partial charge >= 0.3 is 0 Å². The Kier molecular flexibility index (Phi) is 3.42. The molecule has 0 bridgehead atoms. The molecule has 1 N–H and O–H groups in total. The van der Waals surface area contributed by atoms with E-state index in [0.717, 1.165) is 25.4 Å². The van der Waals surface area contributed by atoms with E-state index in [2.05, 4.69) is 51.9 Å². The summed E-state index contributed by atoms with van der Waals surface area (Å²) in [6.07, 6.45) is 5.60. The van der Waals surface area contributed by atoms with Gasteiger partial charge in [0.15, 0.2) is 0 Å². The molecule has 2 aromatic rings. The summed E-state index contributed by atoms with van der Waals surface area (Å²) in [4.78, 5) is 6.80. The number of anilines is 1. The molecule has 1 fully saturated rings. The van der Waals surface area contributed by atoms with Crippen LogP contribution in [0.4, 0.5) is 5.82 Å². The number of aromatic nitrogens is 2. The second kappa shape index (κ2) is 5.21. The fourth-order valence-corrected chi connectivity index (χ4v) is 2.93. The smallest absolute Gasteiger partial charge is 0.115 e. The summed E-state index contributed by atoms with van der Waals surface area (Å²) >= 11 is 0. The predicted octanol–water partition coefficient (Wildman–Crippen LogP) is 1.94. The van der Waals surface area contributed by atoms with Gasteiger partial charge in [-0.05, 0) is 44.0 Å². The Balaban J connectivity index is 1.94. The normalized spacial score (nSPS) is 16.9. The summed E-state index contributed by atoms with van der Waals surface area (Å²) in [6, 6.07) is 6.38. The monoisotopic (exact) mass is 258 g/mol. The number of piperidine rings is 1. The lowest BCUT2D eigenvalue weighted by atomic mass is 9.94. The van der Waals surface area contributed by atoms with Crippen LogP contribution >= 0.6 is 0 Å². The van der Waals surface area contributed by atoms with Gasteiger partial charge in [0.2, 0.25) is 0 Å². The third-order valence-corrected chi connectivity index (χ3v) is 3.99. The molecule has 19 heavy (non-hydrogen) atoms. The quantitative estimate of drug-likeness (QED) is 0.913. The minimum atomic E-state index is 0.766. The molecule has 1 saturated heterocycles. The average Bonchev–Trinajstić information content (AvgIpc) is 2.83. The first-order chi connectivity index (χ1) is 9.25. The Labute approximate surface area is 114 Å². The lowest BCUT2D eigenvalue weighted by Gasteiger charge is -2.23. The fourth-order valence-electron chi connectivity index (χ4n) is 2.93. The van der Waals surface area contributed by atoms with Gasteiger partial charge in [0.25, 0.3) is 0 Å². The molecule has 2 aromatic heterocycles. The number of imidazole rings is 1. The molecule has 1 aliphatic rings. The fraction of sp³-hybridized carbons (Fsp3) is 0.533. The first kappa shape index (κ1) is 12.5. The third kappa shape index (κ3) is 2.45. The Bertz CT molecular complexity index is 552. The van der Waals surface area contributed by atoms with Crippen LogP contribution in [0.3, 0.4) is 0 Å². The van der Waals surface area contributed by atoms with Crippen LogP contribution in [0.15, 0.2) is 24.4 Å². The summed E-state index contributed by atoms with van der Waals surface area (Å²) in [5, 5.41) is 3.43. The van der Waals surface area contributed by atoms with E-state index < -0.39 is 0 Å². The van der Waals surface area contributed by atoms with Crippen molar-refractivity contribution < 1.29 is 0 Å². The second-order valence-corrected chi connectivity index (χ2v) is 5.61. The molecule has 0 saturated carbocycles. The number of rotatable bonds is 3. The first-order valence-electron chi connectivity index (χ1n) is 7.09. The lowest BCUT2D eigenvalue weighted by Crippen LogP contribution is -2.29. The number of nitrogens with one attached hydrogen (secondary N) is 1. The topological polar surface area (TPSA) is 32.6 Å². The molecular weight excluding hydrogens is 236 g/mol. The summed E-state index contributed by atoms with van der Waals surface area (Å²) in [7, 11) is 4.17. The van der Waals surface area contributed by atoms with Crippen molar-refractivity contribution in [3.8, 4) is 0 Å². The molecule has 0 amide bonds. The molecule has 0 spiro atoms. The molecule has 0 radical (unpaired) electrons. The molecule has 0 unspecified atom stereocenters. The molecule has 0 aliphatic carbocycles. The molecule has 0 aromatic carbocycles. The van der Waals surface area contributed by atoms with E-state index in [4.69, 9.17) is 0 Å². The zero-order valence-corrected chi connectivity index (χ0v) is 11.8. The molecule has 4 heteroatoms. The van der Waals surface area contributed by atoms with Crippen molar-refractivity contribution >= 4 is 11.3 Å². The zero-order chi connectivity index (χ0) is 13.2. The van der Waals surface area contributed by atoms with Gasteiger partial charge in [-0.15, -0.1) is 0 Å². The molecular formula is C15H22N4. The number of nitrogens with zero attached hydrogens (tertiary/aromatic N) is 3. The summed E-state index contributed by atoms with van der Waals surface area (Å²) in [5.74, 6) is 3.17. The summed E-state index contributed by atoms with van der Waals surface area (Å²) < 4.78 is 2.29. The van der Waals surface area contributed by atoms with Crippen molar-refractivity contribution in [2.24, 2.45) is 5.92 Å². The minimum absolute atomic E-state index is 0.766. The van der Waals surface area contributed by atoms with E-state index in [1.165, 1.54) is 30.0 Å². The van der Waals surface area contributed by atoms with Gasteiger partial charge in [0.05, 0.1) is 11.7 Å². The van der Waals surface area contributed by atoms with E-state index in [0.29, 0.717) is 0 Å². The van der Waals surface area contributed by atoms with E-state index in [-0.39, 0.29) is 0 Å². The minimum Gasteiger partial charge on any atom is -0.364 e. The van der Waals surface area contributed by atoms with Gasteiger partial charge in [-0.3, -0.25) is 4.40 Å². The second-order valence-electron chi connectivity index (χ2n) is 5.61. The van der Waals surface area contributed by atoms with E-state index >= 15 is 0 Å². The van der Waals surface area contributed by atoms with Crippen LogP contribution in [0.2, 0.25) is 0 Å². The maximum absolute atomic E-state index is 4.65. The van der Waals surface area contributed by atoms with Crippen molar-refractivity contribution in [3.63, 3.8) is 0 Å². The largest absolute Gasteiger partial charge is 0.364 e. The van der Waals surface area contributed by atoms with Gasteiger partial charge in [-0.1, -0.05) is 6.07 Å². The first-order valence-corrected chi connectivity index (χ1v) is 7.09. The SMILES string of the molecule is CN(C)c1cccc2cnc(CC3CCNCC3)n12. The highest BCUT2D eigenvalue weighted by Gasteiger charge is 2.17. The summed E-state index contributed by atoms with van der Waals surface area (Å²) in [6.45, 7) is 2.29. The average molecular weight is 258 g/mol. The van der Waals surface area contributed by atoms with Crippen LogP contribution < -0.4 is 10.2 Å². The Morgan fingerprint density at radius 2 is 2.11 bits per heavy atom. The van der Waals surface area contributed by atoms with Gasteiger partial charge in [-0.25, -0.2) is 4.98 Å². The number of fused-ring (bicyclic) bond motifs is 1. The lowest BCUT2D eigenvalue weighted by molar-refractivity contribution is 0.367. The number of hydrogen-bond donors (Lipinski definition) is 1. The van der Waals surface area contributed by atoms with Crippen molar-refractivity contribution in [3.05, 3.63) is 30.2 Å². The van der Waals surface area contributed by atoms with Gasteiger partial charge < -0.3 is 10.2 Å². The zero-order valence-electron chi connectivity index (χ0n) is 11.8. The molecule has 0 atom stereocenters. The van der Waals surface area contributed by atoms with E-state index in [9.17, 15) is 0 Å². The van der Waals surface area contributed by atoms with E-state index in [1.807, 2.05) is 6.20 Å². The van der Waals surface area contributed by atoms with E-state index in [1.54, 1.807) is 0 Å². The maximum Gasteiger partial charge on any atom is 0.115 e. The number of hydrogen-bond acceptors (Lipinski definition) is 3. The van der Waals surface area contributed by atoms with Crippen LogP contribution in [0.1, 0.15) is 18.7 Å². The summed E-state index contributed by atoms with van der Waals surface area (Å²) in [5.41, 5.74) is 1.19. The highest BCUT2D eigenvalue weighted by Crippen LogP contribution is 2.22. The Morgan fingerprint density at radius 3 is 2.84 bits per heavy atom. The van der Waals surface area contributed by atoms with Gasteiger partial charge in [0, 0.05) is 20.5 Å². The predicted molar refractivity (Wildman–Crippen MR) is 78.8 cm³/mol. The highest BCUT2D eigenvalue weighted by molar-refractivity contribution is 5.55. The molecule has 102 valence electrons. The van der Waals surface area contributed by atoms with Crippen LogP contribution in [0.25, 0.3) is 5.52 Å². The molecule has 3 rings (SSSR count). The maximum atomic E-state index is 4.65. The van der Waals surface area contributed by atoms with Crippen molar-refractivity contribution in [1.82, 2.24) is 14.7 Å². The molecule has 1 aliphatic heterocycles. The van der Waals surface area contributed by atoms with Crippen molar-refractivity contribution in [2.75, 3.05) is 32.1 Å². The van der Waals surface area contributed by atoms with Crippen molar-refractivity contribution in [2.45, 2.75) is 19.3 Å². The Hall–Kier alpha value is -1.55. The Morgan fingerprint density at radius 1 is 1.32 bits per heavy atom. The van der Waals surface area contributed by atoms with Crippen LogP contribution in [0, 0.1) is 5.92 Å². The van der Waals surface area contributed by atoms with Crippen molar-refractivity contribution in [1.29, 1.82) is 0 Å². The van der Waals surface area contributed by atoms with Gasteiger partial charge in [-0.2, -0.15) is 0 Å². The van der Waals surface area contributed by atoms with Crippen LogP contribution in [0.5, 0.6) is 0 Å². The molecule has 4 nitrogen and oxygen atoms in total.